The predicted molar refractivity (Wildman–Crippen MR) is 95.4 cm³/mol. The smallest absolute Gasteiger partial charge is 0.235 e. The Morgan fingerprint density at radius 1 is 1.42 bits per heavy atom. The van der Waals surface area contributed by atoms with E-state index < -0.39 is 5.54 Å². The number of hydrogen-bond acceptors (Lipinski definition) is 6. The van der Waals surface area contributed by atoms with Crippen molar-refractivity contribution < 1.29 is 4.79 Å². The average Bonchev–Trinajstić information content (AvgIpc) is 3.08. The van der Waals surface area contributed by atoms with Gasteiger partial charge in [0.15, 0.2) is 5.96 Å². The molecule has 2 N–H and O–H groups in total. The average molecular weight is 341 g/mol. The summed E-state index contributed by atoms with van der Waals surface area (Å²) in [6, 6.07) is 2.04. The summed E-state index contributed by atoms with van der Waals surface area (Å²) in [4.78, 5) is 27.8. The van der Waals surface area contributed by atoms with Crippen molar-refractivity contribution in [1.82, 2.24) is 14.9 Å². The standard InChI is InChI=1S/C17H19N5OS/c1-4-5-13-15(23)22(3)16(18)21-17(13,2)14-6-11(9-24-14)12-7-19-10-20-8-12/h4,6-10,13H,1,5H2,2-3H3,(H2,18,21)/t13-,17-/m0/s1. The molecule has 0 radical (unpaired) electrons. The van der Waals surface area contributed by atoms with Crippen LogP contribution in [0.1, 0.15) is 18.2 Å². The van der Waals surface area contributed by atoms with Gasteiger partial charge in [0.25, 0.3) is 0 Å². The molecule has 0 aromatic carbocycles. The summed E-state index contributed by atoms with van der Waals surface area (Å²) in [5, 5.41) is 2.03. The third kappa shape index (κ3) is 2.60. The van der Waals surface area contributed by atoms with Crippen molar-refractivity contribution in [2.45, 2.75) is 18.9 Å². The first-order valence-corrected chi connectivity index (χ1v) is 8.43. The Bertz CT molecular complexity index is 800. The van der Waals surface area contributed by atoms with Crippen molar-refractivity contribution >= 4 is 23.2 Å². The predicted octanol–water partition coefficient (Wildman–Crippen LogP) is 2.40. The van der Waals surface area contributed by atoms with Crippen LogP contribution in [0.4, 0.5) is 0 Å². The molecule has 24 heavy (non-hydrogen) atoms. The van der Waals surface area contributed by atoms with Gasteiger partial charge >= 0.3 is 0 Å². The summed E-state index contributed by atoms with van der Waals surface area (Å²) in [5.74, 6) is -0.130. The molecular weight excluding hydrogens is 322 g/mol. The summed E-state index contributed by atoms with van der Waals surface area (Å²) >= 11 is 1.56. The summed E-state index contributed by atoms with van der Waals surface area (Å²) in [5.41, 5.74) is 7.20. The van der Waals surface area contributed by atoms with Gasteiger partial charge in [-0.25, -0.2) is 15.0 Å². The van der Waals surface area contributed by atoms with Crippen LogP contribution >= 0.6 is 11.3 Å². The number of hydrogen-bond donors (Lipinski definition) is 1. The minimum absolute atomic E-state index is 0.0390. The van der Waals surface area contributed by atoms with E-state index in [0.717, 1.165) is 16.0 Å². The number of allylic oxidation sites excluding steroid dienone is 1. The Kier molecular flexibility index (Phi) is 4.19. The van der Waals surface area contributed by atoms with Crippen LogP contribution in [0.3, 0.4) is 0 Å². The van der Waals surface area contributed by atoms with Crippen molar-refractivity contribution in [2.24, 2.45) is 16.6 Å². The first-order chi connectivity index (χ1) is 11.5. The zero-order valence-electron chi connectivity index (χ0n) is 13.6. The molecule has 124 valence electrons. The number of nitrogens with two attached hydrogens (primary N) is 1. The highest BCUT2D eigenvalue weighted by Gasteiger charge is 2.46. The maximum Gasteiger partial charge on any atom is 0.235 e. The van der Waals surface area contributed by atoms with Crippen molar-refractivity contribution in [1.29, 1.82) is 0 Å². The van der Waals surface area contributed by atoms with Gasteiger partial charge < -0.3 is 5.73 Å². The van der Waals surface area contributed by atoms with E-state index in [9.17, 15) is 4.79 Å². The molecule has 2 aromatic rings. The molecule has 3 heterocycles. The van der Waals surface area contributed by atoms with Crippen LogP contribution in [0.25, 0.3) is 11.1 Å². The molecular formula is C17H19N5OS. The van der Waals surface area contributed by atoms with E-state index in [1.54, 1.807) is 36.9 Å². The Hall–Kier alpha value is -2.54. The molecule has 1 amide bonds. The minimum Gasteiger partial charge on any atom is -0.369 e. The molecule has 1 aliphatic heterocycles. The normalized spacial score (nSPS) is 23.9. The van der Waals surface area contributed by atoms with Crippen LogP contribution in [0.15, 0.2) is 47.8 Å². The van der Waals surface area contributed by atoms with E-state index in [1.165, 1.54) is 11.2 Å². The number of nitrogens with zero attached hydrogens (tertiary/aromatic N) is 4. The second-order valence-electron chi connectivity index (χ2n) is 5.92. The van der Waals surface area contributed by atoms with E-state index in [-0.39, 0.29) is 17.8 Å². The van der Waals surface area contributed by atoms with Crippen LogP contribution < -0.4 is 5.73 Å². The monoisotopic (exact) mass is 341 g/mol. The Balaban J connectivity index is 2.07. The van der Waals surface area contributed by atoms with Crippen molar-refractivity contribution in [3.63, 3.8) is 0 Å². The molecule has 2 atom stereocenters. The molecule has 0 bridgehead atoms. The van der Waals surface area contributed by atoms with Crippen LogP contribution in [0.5, 0.6) is 0 Å². The van der Waals surface area contributed by atoms with E-state index in [1.807, 2.05) is 18.4 Å². The van der Waals surface area contributed by atoms with Crippen LogP contribution in [-0.4, -0.2) is 33.8 Å². The van der Waals surface area contributed by atoms with Gasteiger partial charge in [-0.1, -0.05) is 6.08 Å². The van der Waals surface area contributed by atoms with Crippen LogP contribution in [0.2, 0.25) is 0 Å². The molecule has 1 aliphatic rings. The Labute approximate surface area is 144 Å². The van der Waals surface area contributed by atoms with Crippen molar-refractivity contribution in [2.75, 3.05) is 7.05 Å². The SMILES string of the molecule is C=CC[C@H]1C(=O)N(C)C(N)=N[C@]1(C)c1cc(-c2cncnc2)cs1. The summed E-state index contributed by atoms with van der Waals surface area (Å²) in [7, 11) is 1.65. The van der Waals surface area contributed by atoms with Crippen LogP contribution in [-0.2, 0) is 10.3 Å². The highest BCUT2D eigenvalue weighted by Crippen LogP contribution is 2.43. The maximum absolute atomic E-state index is 12.7. The lowest BCUT2D eigenvalue weighted by Gasteiger charge is -2.39. The lowest BCUT2D eigenvalue weighted by atomic mass is 9.80. The van der Waals surface area contributed by atoms with Gasteiger partial charge in [-0.05, 0) is 30.4 Å². The summed E-state index contributed by atoms with van der Waals surface area (Å²) in [6.45, 7) is 5.74. The van der Waals surface area contributed by atoms with E-state index >= 15 is 0 Å². The second kappa shape index (κ2) is 6.16. The van der Waals surface area contributed by atoms with Crippen molar-refractivity contribution in [3.8, 4) is 11.1 Å². The topological polar surface area (TPSA) is 84.5 Å². The molecule has 0 unspecified atom stereocenters. The zero-order valence-corrected chi connectivity index (χ0v) is 14.5. The highest BCUT2D eigenvalue weighted by molar-refractivity contribution is 7.10. The summed E-state index contributed by atoms with van der Waals surface area (Å²) in [6.07, 6.45) is 7.32. The number of aromatic nitrogens is 2. The first-order valence-electron chi connectivity index (χ1n) is 7.55. The molecule has 0 saturated heterocycles. The number of rotatable bonds is 4. The van der Waals surface area contributed by atoms with Gasteiger partial charge in [0, 0.05) is 29.9 Å². The fraction of sp³-hybridized carbons (Fsp3) is 0.294. The number of carbonyl (C=O) groups excluding carboxylic acids is 1. The molecule has 0 fully saturated rings. The minimum atomic E-state index is -0.708. The Morgan fingerprint density at radius 3 is 2.79 bits per heavy atom. The third-order valence-electron chi connectivity index (χ3n) is 4.39. The number of amides is 1. The number of aliphatic imine (C=N–C) groups is 1. The fourth-order valence-electron chi connectivity index (χ4n) is 2.90. The first kappa shape index (κ1) is 16.3. The molecule has 0 saturated carbocycles. The van der Waals surface area contributed by atoms with Gasteiger partial charge in [0.1, 0.15) is 11.9 Å². The van der Waals surface area contributed by atoms with Gasteiger partial charge in [0.05, 0.1) is 5.92 Å². The molecule has 0 aliphatic carbocycles. The van der Waals surface area contributed by atoms with Gasteiger partial charge in [0.2, 0.25) is 5.91 Å². The fourth-order valence-corrected chi connectivity index (χ4v) is 3.98. The second-order valence-corrected chi connectivity index (χ2v) is 6.83. The van der Waals surface area contributed by atoms with Gasteiger partial charge in [-0.2, -0.15) is 0 Å². The van der Waals surface area contributed by atoms with Gasteiger partial charge in [-0.3, -0.25) is 9.69 Å². The molecule has 2 aromatic heterocycles. The largest absolute Gasteiger partial charge is 0.369 e. The summed E-state index contributed by atoms with van der Waals surface area (Å²) < 4.78 is 0. The van der Waals surface area contributed by atoms with Crippen molar-refractivity contribution in [3.05, 3.63) is 47.7 Å². The van der Waals surface area contributed by atoms with E-state index in [4.69, 9.17) is 5.73 Å². The number of carbonyl (C=O) groups is 1. The van der Waals surface area contributed by atoms with Gasteiger partial charge in [-0.15, -0.1) is 17.9 Å². The quantitative estimate of drug-likeness (QED) is 0.866. The van der Waals surface area contributed by atoms with Crippen LogP contribution in [0, 0.1) is 5.92 Å². The number of guanidine groups is 1. The lowest BCUT2D eigenvalue weighted by molar-refractivity contribution is -0.133. The molecule has 7 heteroatoms. The Morgan fingerprint density at radius 2 is 2.12 bits per heavy atom. The third-order valence-corrected chi connectivity index (χ3v) is 5.55. The lowest BCUT2D eigenvalue weighted by Crippen LogP contribution is -2.53. The molecule has 3 rings (SSSR count). The molecule has 0 spiro atoms. The molecule has 6 nitrogen and oxygen atoms in total. The maximum atomic E-state index is 12.7. The zero-order chi connectivity index (χ0) is 17.3. The van der Waals surface area contributed by atoms with E-state index in [2.05, 4.69) is 21.5 Å². The van der Waals surface area contributed by atoms with E-state index in [0.29, 0.717) is 6.42 Å². The highest BCUT2D eigenvalue weighted by atomic mass is 32.1. The number of thiophene rings is 1.